The third-order valence-corrected chi connectivity index (χ3v) is 6.68. The molecule has 0 aliphatic carbocycles. The van der Waals surface area contributed by atoms with E-state index in [-0.39, 0.29) is 17.2 Å². The summed E-state index contributed by atoms with van der Waals surface area (Å²) in [6, 6.07) is 10.9. The van der Waals surface area contributed by atoms with Gasteiger partial charge in [-0.2, -0.15) is 0 Å². The van der Waals surface area contributed by atoms with Crippen molar-refractivity contribution in [2.24, 2.45) is 0 Å². The molecule has 0 saturated heterocycles. The molecule has 10 heteroatoms. The minimum Gasteiger partial charge on any atom is -0.486 e. The van der Waals surface area contributed by atoms with Gasteiger partial charge in [-0.25, -0.2) is 9.97 Å². The van der Waals surface area contributed by atoms with Gasteiger partial charge in [0.15, 0.2) is 21.8 Å². The molecule has 158 valence electrons. The number of thioether (sulfide) groups is 1. The summed E-state index contributed by atoms with van der Waals surface area (Å²) < 4.78 is 13.7. The van der Waals surface area contributed by atoms with E-state index in [0.29, 0.717) is 52.4 Å². The summed E-state index contributed by atoms with van der Waals surface area (Å²) in [7, 11) is 0. The summed E-state index contributed by atoms with van der Waals surface area (Å²) >= 11 is 2.61. The number of thiazole rings is 1. The smallest absolute Gasteiger partial charge is 0.262 e. The van der Waals surface area contributed by atoms with Crippen molar-refractivity contribution in [2.45, 2.75) is 18.6 Å². The molecule has 0 spiro atoms. The van der Waals surface area contributed by atoms with Gasteiger partial charge in [-0.05, 0) is 19.1 Å². The standard InChI is InChI=1S/C21H18N4O4S2/c1-2-25-19(27)12-5-3-4-6-13(12)23-21(25)30-11-18(26)24-20-22-14-9-15-16(10-17(14)31-20)29-8-7-28-15/h3-6,9-10H,2,7-8,11H2,1H3,(H,22,24,26). The predicted molar refractivity (Wildman–Crippen MR) is 122 cm³/mol. The Bertz CT molecular complexity index is 1320. The van der Waals surface area contributed by atoms with Gasteiger partial charge in [0.25, 0.3) is 5.56 Å². The lowest BCUT2D eigenvalue weighted by Gasteiger charge is -2.17. The fourth-order valence-corrected chi connectivity index (χ4v) is 5.10. The molecule has 3 heterocycles. The maximum atomic E-state index is 12.7. The molecule has 0 fully saturated rings. The van der Waals surface area contributed by atoms with Crippen molar-refractivity contribution < 1.29 is 14.3 Å². The van der Waals surface area contributed by atoms with Crippen molar-refractivity contribution in [3.05, 3.63) is 46.8 Å². The number of para-hydroxylation sites is 1. The van der Waals surface area contributed by atoms with Crippen LogP contribution in [0, 0.1) is 0 Å². The quantitative estimate of drug-likeness (QED) is 0.364. The van der Waals surface area contributed by atoms with E-state index in [9.17, 15) is 9.59 Å². The molecule has 2 aromatic carbocycles. The van der Waals surface area contributed by atoms with E-state index in [0.717, 1.165) is 10.2 Å². The molecule has 2 aromatic heterocycles. The lowest BCUT2D eigenvalue weighted by Crippen LogP contribution is -2.23. The zero-order chi connectivity index (χ0) is 21.4. The first kappa shape index (κ1) is 19.8. The zero-order valence-corrected chi connectivity index (χ0v) is 18.2. The molecule has 1 aliphatic rings. The minimum absolute atomic E-state index is 0.101. The summed E-state index contributed by atoms with van der Waals surface area (Å²) in [5.41, 5.74) is 1.27. The number of carbonyl (C=O) groups excluding carboxylic acids is 1. The topological polar surface area (TPSA) is 95.3 Å². The van der Waals surface area contributed by atoms with Crippen LogP contribution in [0.15, 0.2) is 46.3 Å². The Morgan fingerprint density at radius 1 is 1.16 bits per heavy atom. The van der Waals surface area contributed by atoms with Crippen LogP contribution in [0.25, 0.3) is 21.1 Å². The molecule has 0 bridgehead atoms. The van der Waals surface area contributed by atoms with E-state index in [1.807, 2.05) is 31.2 Å². The number of nitrogens with one attached hydrogen (secondary N) is 1. The number of anilines is 1. The molecule has 5 rings (SSSR count). The number of rotatable bonds is 5. The van der Waals surface area contributed by atoms with Crippen molar-refractivity contribution in [3.63, 3.8) is 0 Å². The van der Waals surface area contributed by atoms with Crippen LogP contribution in [0.5, 0.6) is 11.5 Å². The largest absolute Gasteiger partial charge is 0.486 e. The second-order valence-electron chi connectivity index (χ2n) is 6.78. The first-order valence-electron chi connectivity index (χ1n) is 9.75. The number of fused-ring (bicyclic) bond motifs is 3. The van der Waals surface area contributed by atoms with Crippen LogP contribution < -0.4 is 20.3 Å². The number of aromatic nitrogens is 3. The third-order valence-electron chi connectivity index (χ3n) is 4.77. The summed E-state index contributed by atoms with van der Waals surface area (Å²) in [6.07, 6.45) is 0. The molecule has 0 radical (unpaired) electrons. The van der Waals surface area contributed by atoms with Crippen molar-refractivity contribution in [1.29, 1.82) is 0 Å². The number of hydrogen-bond donors (Lipinski definition) is 1. The number of ether oxygens (including phenoxy) is 2. The predicted octanol–water partition coefficient (Wildman–Crippen LogP) is 3.53. The van der Waals surface area contributed by atoms with Gasteiger partial charge < -0.3 is 14.8 Å². The molecule has 31 heavy (non-hydrogen) atoms. The van der Waals surface area contributed by atoms with Crippen LogP contribution in [0.1, 0.15) is 6.92 Å². The SMILES string of the molecule is CCn1c(SCC(=O)Nc2nc3cc4c(cc3s2)OCCO4)nc2ccccc2c1=O. The summed E-state index contributed by atoms with van der Waals surface area (Å²) in [6.45, 7) is 3.39. The van der Waals surface area contributed by atoms with Gasteiger partial charge in [-0.15, -0.1) is 0 Å². The first-order valence-corrected chi connectivity index (χ1v) is 11.5. The van der Waals surface area contributed by atoms with Crippen molar-refractivity contribution >= 4 is 55.3 Å². The minimum atomic E-state index is -0.216. The van der Waals surface area contributed by atoms with Crippen LogP contribution >= 0.6 is 23.1 Å². The molecule has 0 atom stereocenters. The molecule has 0 unspecified atom stereocenters. The highest BCUT2D eigenvalue weighted by Crippen LogP contribution is 2.37. The zero-order valence-electron chi connectivity index (χ0n) is 16.6. The van der Waals surface area contributed by atoms with E-state index < -0.39 is 0 Å². The Morgan fingerprint density at radius 3 is 2.74 bits per heavy atom. The van der Waals surface area contributed by atoms with Gasteiger partial charge >= 0.3 is 0 Å². The Hall–Kier alpha value is -3.11. The van der Waals surface area contributed by atoms with Gasteiger partial charge in [0.1, 0.15) is 13.2 Å². The number of carbonyl (C=O) groups is 1. The van der Waals surface area contributed by atoms with Gasteiger partial charge in [0.2, 0.25) is 5.91 Å². The van der Waals surface area contributed by atoms with E-state index in [2.05, 4.69) is 15.3 Å². The molecule has 1 aliphatic heterocycles. The van der Waals surface area contributed by atoms with E-state index in [1.165, 1.54) is 23.1 Å². The molecular formula is C21H18N4O4S2. The maximum absolute atomic E-state index is 12.7. The highest BCUT2D eigenvalue weighted by atomic mass is 32.2. The second-order valence-corrected chi connectivity index (χ2v) is 8.75. The first-order chi connectivity index (χ1) is 15.1. The molecule has 1 N–H and O–H groups in total. The molecule has 4 aromatic rings. The Morgan fingerprint density at radius 2 is 1.94 bits per heavy atom. The Kier molecular flexibility index (Phi) is 5.24. The fraction of sp³-hybridized carbons (Fsp3) is 0.238. The van der Waals surface area contributed by atoms with Crippen LogP contribution in [0.2, 0.25) is 0 Å². The van der Waals surface area contributed by atoms with Crippen LogP contribution in [0.3, 0.4) is 0 Å². The number of benzene rings is 2. The van der Waals surface area contributed by atoms with Crippen LogP contribution in [-0.2, 0) is 11.3 Å². The lowest BCUT2D eigenvalue weighted by molar-refractivity contribution is -0.113. The monoisotopic (exact) mass is 454 g/mol. The van der Waals surface area contributed by atoms with Crippen LogP contribution in [-0.4, -0.2) is 39.4 Å². The number of amides is 1. The molecule has 0 saturated carbocycles. The normalized spacial score (nSPS) is 12.9. The van der Waals surface area contributed by atoms with Crippen molar-refractivity contribution in [3.8, 4) is 11.5 Å². The van der Waals surface area contributed by atoms with Gasteiger partial charge in [0.05, 0.1) is 26.9 Å². The lowest BCUT2D eigenvalue weighted by atomic mass is 10.2. The molecule has 8 nitrogen and oxygen atoms in total. The average molecular weight is 455 g/mol. The number of nitrogens with zero attached hydrogens (tertiary/aromatic N) is 3. The van der Waals surface area contributed by atoms with Crippen molar-refractivity contribution in [1.82, 2.24) is 14.5 Å². The van der Waals surface area contributed by atoms with Crippen molar-refractivity contribution in [2.75, 3.05) is 24.3 Å². The van der Waals surface area contributed by atoms with Gasteiger partial charge in [0, 0.05) is 18.7 Å². The average Bonchev–Trinajstić information content (AvgIpc) is 3.17. The maximum Gasteiger partial charge on any atom is 0.262 e. The number of hydrogen-bond acceptors (Lipinski definition) is 8. The van der Waals surface area contributed by atoms with E-state index in [1.54, 1.807) is 16.7 Å². The highest BCUT2D eigenvalue weighted by molar-refractivity contribution is 7.99. The Balaban J connectivity index is 1.33. The molecule has 1 amide bonds. The van der Waals surface area contributed by atoms with E-state index in [4.69, 9.17) is 9.47 Å². The summed E-state index contributed by atoms with van der Waals surface area (Å²) in [4.78, 5) is 34.3. The fourth-order valence-electron chi connectivity index (χ4n) is 3.34. The second kappa shape index (κ2) is 8.20. The van der Waals surface area contributed by atoms with E-state index >= 15 is 0 Å². The third kappa shape index (κ3) is 3.84. The van der Waals surface area contributed by atoms with Crippen LogP contribution in [0.4, 0.5) is 5.13 Å². The summed E-state index contributed by atoms with van der Waals surface area (Å²) in [5, 5.41) is 4.43. The van der Waals surface area contributed by atoms with Gasteiger partial charge in [-0.3, -0.25) is 14.2 Å². The van der Waals surface area contributed by atoms with Gasteiger partial charge in [-0.1, -0.05) is 35.2 Å². The Labute approximate surface area is 185 Å². The summed E-state index contributed by atoms with van der Waals surface area (Å²) in [5.74, 6) is 1.25. The highest BCUT2D eigenvalue weighted by Gasteiger charge is 2.17. The molecular weight excluding hydrogens is 436 g/mol.